The van der Waals surface area contributed by atoms with Gasteiger partial charge >= 0.3 is 0 Å². The Bertz CT molecular complexity index is 513. The van der Waals surface area contributed by atoms with Crippen molar-refractivity contribution in [3.05, 3.63) is 24.0 Å². The first-order valence-electron chi connectivity index (χ1n) is 10.7. The van der Waals surface area contributed by atoms with Crippen molar-refractivity contribution in [2.75, 3.05) is 47.9 Å². The lowest BCUT2D eigenvalue weighted by Crippen LogP contribution is -2.54. The van der Waals surface area contributed by atoms with Crippen molar-refractivity contribution in [2.45, 2.75) is 71.2 Å². The number of likely N-dealkylation sites (N-methyl/N-ethyl adjacent to an activating group) is 1. The number of piperidine rings is 1. The zero-order valence-corrected chi connectivity index (χ0v) is 19.8. The van der Waals surface area contributed by atoms with Gasteiger partial charge < -0.3 is 14.5 Å². The molecule has 3 atom stereocenters. The number of hydrogen-bond acceptors (Lipinski definition) is 6. The molecular formula is C22H45N5O. The summed E-state index contributed by atoms with van der Waals surface area (Å²) in [5.41, 5.74) is 8.48. The molecule has 1 rings (SSSR count). The third-order valence-electron chi connectivity index (χ3n) is 6.78. The number of nitrogens with one attached hydrogen (secondary N) is 2. The summed E-state index contributed by atoms with van der Waals surface area (Å²) in [7, 11) is 8.07. The Hall–Kier alpha value is -0.920. The smallest absolute Gasteiger partial charge is 0.104 e. The minimum absolute atomic E-state index is 0.104. The van der Waals surface area contributed by atoms with Gasteiger partial charge in [-0.25, -0.2) is 0 Å². The topological polar surface area (TPSA) is 43.0 Å². The number of methoxy groups -OCH3 is 1. The zero-order chi connectivity index (χ0) is 21.5. The number of likely N-dealkylation sites (tertiary alicyclic amines) is 1. The van der Waals surface area contributed by atoms with Crippen molar-refractivity contribution >= 4 is 0 Å². The third kappa shape index (κ3) is 5.57. The fraction of sp³-hybridized carbons (Fsp3) is 0.818. The molecule has 1 aliphatic rings. The molecule has 164 valence electrons. The number of hydrogen-bond donors (Lipinski definition) is 2. The van der Waals surface area contributed by atoms with Gasteiger partial charge in [-0.2, -0.15) is 0 Å². The van der Waals surface area contributed by atoms with Gasteiger partial charge in [0.05, 0.1) is 6.04 Å². The Balaban J connectivity index is 3.27. The molecule has 1 aliphatic heterocycles. The minimum Gasteiger partial charge on any atom is -0.372 e. The first-order chi connectivity index (χ1) is 13.2. The van der Waals surface area contributed by atoms with Crippen molar-refractivity contribution < 1.29 is 4.74 Å². The highest BCUT2D eigenvalue weighted by Gasteiger charge is 2.38. The van der Waals surface area contributed by atoms with Gasteiger partial charge in [0.2, 0.25) is 0 Å². The van der Waals surface area contributed by atoms with Crippen LogP contribution < -0.4 is 10.9 Å². The van der Waals surface area contributed by atoms with Crippen LogP contribution in [0.1, 0.15) is 47.5 Å². The molecule has 0 amide bonds. The van der Waals surface area contributed by atoms with E-state index in [1.807, 2.05) is 13.2 Å². The molecule has 6 heteroatoms. The van der Waals surface area contributed by atoms with Crippen LogP contribution in [0.25, 0.3) is 0 Å². The molecule has 2 N–H and O–H groups in total. The first-order valence-corrected chi connectivity index (χ1v) is 10.7. The van der Waals surface area contributed by atoms with Gasteiger partial charge in [-0.3, -0.25) is 15.8 Å². The minimum atomic E-state index is -0.439. The lowest BCUT2D eigenvalue weighted by molar-refractivity contribution is 0.00327. The van der Waals surface area contributed by atoms with Crippen molar-refractivity contribution in [2.24, 2.45) is 0 Å². The Morgan fingerprint density at radius 2 is 1.89 bits per heavy atom. The number of hydrazine groups is 1. The molecule has 6 nitrogen and oxygen atoms in total. The van der Waals surface area contributed by atoms with Crippen molar-refractivity contribution in [3.8, 4) is 0 Å². The van der Waals surface area contributed by atoms with Crippen LogP contribution in [0.4, 0.5) is 0 Å². The average molecular weight is 396 g/mol. The van der Waals surface area contributed by atoms with E-state index in [0.29, 0.717) is 12.1 Å². The molecule has 1 fully saturated rings. The number of nitrogens with zero attached hydrogens (tertiary/aromatic N) is 3. The maximum absolute atomic E-state index is 6.07. The third-order valence-corrected chi connectivity index (χ3v) is 6.78. The molecule has 28 heavy (non-hydrogen) atoms. The van der Waals surface area contributed by atoms with E-state index in [0.717, 1.165) is 19.6 Å². The largest absolute Gasteiger partial charge is 0.372 e. The second-order valence-electron chi connectivity index (χ2n) is 8.31. The van der Waals surface area contributed by atoms with Crippen LogP contribution >= 0.6 is 0 Å². The monoisotopic (exact) mass is 395 g/mol. The fourth-order valence-electron chi connectivity index (χ4n) is 4.39. The van der Waals surface area contributed by atoms with E-state index in [4.69, 9.17) is 4.74 Å². The summed E-state index contributed by atoms with van der Waals surface area (Å²) in [6.45, 7) is 18.2. The van der Waals surface area contributed by atoms with Gasteiger partial charge in [0, 0.05) is 44.5 Å². The summed E-state index contributed by atoms with van der Waals surface area (Å²) in [5.74, 6) is 0. The van der Waals surface area contributed by atoms with E-state index >= 15 is 0 Å². The van der Waals surface area contributed by atoms with Gasteiger partial charge in [-0.05, 0) is 80.4 Å². The van der Waals surface area contributed by atoms with Crippen molar-refractivity contribution in [1.82, 2.24) is 25.6 Å². The Morgan fingerprint density at radius 3 is 2.29 bits per heavy atom. The summed E-state index contributed by atoms with van der Waals surface area (Å²) in [5, 5.41) is 0. The van der Waals surface area contributed by atoms with E-state index in [1.165, 1.54) is 24.1 Å². The van der Waals surface area contributed by atoms with Gasteiger partial charge in [0.15, 0.2) is 0 Å². The Labute approximate surface area is 173 Å². The maximum Gasteiger partial charge on any atom is 0.104 e. The summed E-state index contributed by atoms with van der Waals surface area (Å²) < 4.78 is 6.07. The van der Waals surface area contributed by atoms with Gasteiger partial charge in [-0.1, -0.05) is 6.58 Å². The first kappa shape index (κ1) is 25.1. The standard InChI is InChI=1S/C22H45N5O/c1-11-26(12-2)21(17(3)22(6,28-10)19(5)24-23-7)18(4)27-15-13-20(14-16-27)25(8)9/h11,18-20,23-24H,1,12-16H2,2-10H3/b21-17-/t18?,19-,22?/m1/s1. The average Bonchev–Trinajstić information content (AvgIpc) is 2.70. The summed E-state index contributed by atoms with van der Waals surface area (Å²) >= 11 is 0. The summed E-state index contributed by atoms with van der Waals surface area (Å²) in [6, 6.07) is 1.09. The number of ether oxygens (including phenoxy) is 1. The van der Waals surface area contributed by atoms with Crippen LogP contribution in [0, 0.1) is 0 Å². The molecule has 1 heterocycles. The van der Waals surface area contributed by atoms with E-state index in [1.54, 1.807) is 7.11 Å². The zero-order valence-electron chi connectivity index (χ0n) is 19.8. The molecule has 0 aliphatic carbocycles. The molecule has 0 aromatic heterocycles. The van der Waals surface area contributed by atoms with Crippen molar-refractivity contribution in [3.63, 3.8) is 0 Å². The van der Waals surface area contributed by atoms with Crippen LogP contribution in [-0.2, 0) is 4.74 Å². The number of rotatable bonds is 11. The van der Waals surface area contributed by atoms with Crippen LogP contribution in [0.5, 0.6) is 0 Å². The highest BCUT2D eigenvalue weighted by Crippen LogP contribution is 2.32. The molecular weight excluding hydrogens is 350 g/mol. The molecule has 1 saturated heterocycles. The molecule has 0 bridgehead atoms. The van der Waals surface area contributed by atoms with E-state index in [9.17, 15) is 0 Å². The highest BCUT2D eigenvalue weighted by molar-refractivity contribution is 5.28. The lowest BCUT2D eigenvalue weighted by atomic mass is 9.86. The molecule has 0 spiro atoms. The Morgan fingerprint density at radius 1 is 1.32 bits per heavy atom. The van der Waals surface area contributed by atoms with Crippen LogP contribution in [0.3, 0.4) is 0 Å². The predicted octanol–water partition coefficient (Wildman–Crippen LogP) is 2.66. The highest BCUT2D eigenvalue weighted by atomic mass is 16.5. The summed E-state index contributed by atoms with van der Waals surface area (Å²) in [4.78, 5) is 7.25. The fourth-order valence-corrected chi connectivity index (χ4v) is 4.39. The molecule has 0 aromatic rings. The van der Waals surface area contributed by atoms with Crippen LogP contribution in [0.2, 0.25) is 0 Å². The molecule has 0 radical (unpaired) electrons. The SMILES string of the molecule is C=CN(CC)/C(=C(/C)C(C)(OC)[C@@H](C)NNC)C(C)N1CCC(N(C)C)CC1. The van der Waals surface area contributed by atoms with Crippen LogP contribution in [0.15, 0.2) is 24.0 Å². The van der Waals surface area contributed by atoms with Gasteiger partial charge in [-0.15, -0.1) is 0 Å². The predicted molar refractivity (Wildman–Crippen MR) is 120 cm³/mol. The van der Waals surface area contributed by atoms with E-state index in [-0.39, 0.29) is 6.04 Å². The van der Waals surface area contributed by atoms with E-state index in [2.05, 4.69) is 80.8 Å². The molecule has 0 aromatic carbocycles. The quantitative estimate of drug-likeness (QED) is 0.524. The van der Waals surface area contributed by atoms with Gasteiger partial charge in [0.25, 0.3) is 0 Å². The Kier molecular flexibility index (Phi) is 10.1. The van der Waals surface area contributed by atoms with Crippen LogP contribution in [-0.4, -0.2) is 86.3 Å². The van der Waals surface area contributed by atoms with E-state index < -0.39 is 5.60 Å². The second kappa shape index (κ2) is 11.3. The molecule has 0 saturated carbocycles. The second-order valence-corrected chi connectivity index (χ2v) is 8.31. The van der Waals surface area contributed by atoms with Crippen molar-refractivity contribution in [1.29, 1.82) is 0 Å². The van der Waals surface area contributed by atoms with Gasteiger partial charge in [0.1, 0.15) is 5.60 Å². The lowest BCUT2D eigenvalue weighted by Gasteiger charge is -2.44. The molecule has 2 unspecified atom stereocenters. The normalized spacial score (nSPS) is 21.8. The maximum atomic E-state index is 6.07. The summed E-state index contributed by atoms with van der Waals surface area (Å²) in [6.07, 6.45) is 4.38.